The SMILES string of the molecule is CCOC1=N[C@H](C(=O)O)c2ccccc2/C(=C(/C)Cl)N1. The van der Waals surface area contributed by atoms with E-state index in [2.05, 4.69) is 10.3 Å². The Balaban J connectivity index is 2.63. The summed E-state index contributed by atoms with van der Waals surface area (Å²) in [6.07, 6.45) is 0. The Morgan fingerprint density at radius 3 is 2.80 bits per heavy atom. The zero-order valence-corrected chi connectivity index (χ0v) is 11.9. The summed E-state index contributed by atoms with van der Waals surface area (Å²) in [7, 11) is 0. The van der Waals surface area contributed by atoms with Crippen LogP contribution in [-0.2, 0) is 9.53 Å². The van der Waals surface area contributed by atoms with E-state index >= 15 is 0 Å². The maximum absolute atomic E-state index is 11.5. The molecule has 1 aliphatic heterocycles. The van der Waals surface area contributed by atoms with Gasteiger partial charge in [-0.1, -0.05) is 35.9 Å². The molecule has 0 aromatic heterocycles. The van der Waals surface area contributed by atoms with E-state index in [0.29, 0.717) is 28.5 Å². The van der Waals surface area contributed by atoms with Crippen LogP contribution in [0.3, 0.4) is 0 Å². The number of nitrogens with one attached hydrogen (secondary N) is 1. The highest BCUT2D eigenvalue weighted by Crippen LogP contribution is 2.31. The predicted octanol–water partition coefficient (Wildman–Crippen LogP) is 2.74. The van der Waals surface area contributed by atoms with Gasteiger partial charge in [-0.3, -0.25) is 0 Å². The lowest BCUT2D eigenvalue weighted by molar-refractivity contribution is -0.138. The van der Waals surface area contributed by atoms with Gasteiger partial charge in [0.25, 0.3) is 6.02 Å². The minimum Gasteiger partial charge on any atom is -0.479 e. The van der Waals surface area contributed by atoms with Gasteiger partial charge in [0.2, 0.25) is 0 Å². The van der Waals surface area contributed by atoms with Crippen molar-refractivity contribution in [1.29, 1.82) is 0 Å². The minimum atomic E-state index is -1.04. The van der Waals surface area contributed by atoms with Crippen LogP contribution in [0, 0.1) is 0 Å². The number of carboxylic acids is 1. The molecule has 0 radical (unpaired) electrons. The highest BCUT2D eigenvalue weighted by molar-refractivity contribution is 6.32. The average molecular weight is 295 g/mol. The van der Waals surface area contributed by atoms with E-state index in [9.17, 15) is 9.90 Å². The number of aliphatic imine (C=N–C) groups is 1. The molecule has 0 aliphatic carbocycles. The van der Waals surface area contributed by atoms with Crippen molar-refractivity contribution in [2.24, 2.45) is 4.99 Å². The molecule has 5 nitrogen and oxygen atoms in total. The number of fused-ring (bicyclic) bond motifs is 1. The first-order valence-electron chi connectivity index (χ1n) is 6.20. The first-order valence-corrected chi connectivity index (χ1v) is 6.58. The van der Waals surface area contributed by atoms with Crippen molar-refractivity contribution in [2.45, 2.75) is 19.9 Å². The first-order chi connectivity index (χ1) is 9.54. The molecular weight excluding hydrogens is 280 g/mol. The molecule has 6 heteroatoms. The van der Waals surface area contributed by atoms with Crippen molar-refractivity contribution in [1.82, 2.24) is 5.32 Å². The molecule has 0 spiro atoms. The number of carboxylic acid groups (broad SMARTS) is 1. The number of carbonyl (C=O) groups is 1. The number of allylic oxidation sites excluding steroid dienone is 1. The second-order valence-electron chi connectivity index (χ2n) is 4.23. The summed E-state index contributed by atoms with van der Waals surface area (Å²) in [4.78, 5) is 15.6. The van der Waals surface area contributed by atoms with Gasteiger partial charge in [-0.15, -0.1) is 0 Å². The molecule has 1 heterocycles. The fourth-order valence-corrected chi connectivity index (χ4v) is 2.18. The van der Waals surface area contributed by atoms with Crippen LogP contribution < -0.4 is 5.32 Å². The quantitative estimate of drug-likeness (QED) is 0.880. The van der Waals surface area contributed by atoms with Gasteiger partial charge in [-0.05, 0) is 19.4 Å². The highest BCUT2D eigenvalue weighted by Gasteiger charge is 2.28. The van der Waals surface area contributed by atoms with Crippen molar-refractivity contribution in [2.75, 3.05) is 6.61 Å². The van der Waals surface area contributed by atoms with Gasteiger partial charge in [0.1, 0.15) is 0 Å². The normalized spacial score (nSPS) is 20.1. The van der Waals surface area contributed by atoms with E-state index < -0.39 is 12.0 Å². The fourth-order valence-electron chi connectivity index (χ4n) is 2.03. The molecule has 0 fully saturated rings. The lowest BCUT2D eigenvalue weighted by atomic mass is 9.98. The summed E-state index contributed by atoms with van der Waals surface area (Å²) in [6, 6.07) is 6.28. The van der Waals surface area contributed by atoms with E-state index in [0.717, 1.165) is 0 Å². The number of aliphatic carboxylic acids is 1. The van der Waals surface area contributed by atoms with Crippen LogP contribution in [0.5, 0.6) is 0 Å². The predicted molar refractivity (Wildman–Crippen MR) is 77.5 cm³/mol. The number of hydrogen-bond donors (Lipinski definition) is 2. The van der Waals surface area contributed by atoms with Gasteiger partial charge >= 0.3 is 5.97 Å². The third-order valence-electron chi connectivity index (χ3n) is 2.86. The van der Waals surface area contributed by atoms with Crippen LogP contribution in [0.4, 0.5) is 0 Å². The summed E-state index contributed by atoms with van der Waals surface area (Å²) in [5.41, 5.74) is 1.90. The first kappa shape index (κ1) is 14.4. The monoisotopic (exact) mass is 294 g/mol. The van der Waals surface area contributed by atoms with Crippen LogP contribution in [-0.4, -0.2) is 23.7 Å². The molecule has 0 bridgehead atoms. The van der Waals surface area contributed by atoms with Crippen molar-refractivity contribution < 1.29 is 14.6 Å². The smallest absolute Gasteiger partial charge is 0.333 e. The van der Waals surface area contributed by atoms with Crippen LogP contribution >= 0.6 is 11.6 Å². The Bertz CT molecular complexity index is 592. The average Bonchev–Trinajstić information content (AvgIpc) is 2.57. The molecule has 1 aromatic carbocycles. The standard InChI is InChI=1S/C14H15ClN2O3/c1-3-20-14-16-11(8(2)15)9-6-4-5-7-10(9)12(17-14)13(18)19/h4-7,12H,3H2,1-2H3,(H,16,17)(H,18,19)/b11-8+/t12-/m0/s1. The molecule has 0 saturated carbocycles. The number of nitrogens with zero attached hydrogens (tertiary/aromatic N) is 1. The second-order valence-corrected chi connectivity index (χ2v) is 4.80. The third-order valence-corrected chi connectivity index (χ3v) is 3.05. The lowest BCUT2D eigenvalue weighted by Crippen LogP contribution is -2.24. The van der Waals surface area contributed by atoms with E-state index in [4.69, 9.17) is 16.3 Å². The Hall–Kier alpha value is -2.01. The van der Waals surface area contributed by atoms with Crippen molar-refractivity contribution >= 4 is 29.3 Å². The van der Waals surface area contributed by atoms with Gasteiger partial charge in [0.05, 0.1) is 12.3 Å². The zero-order valence-electron chi connectivity index (χ0n) is 11.2. The van der Waals surface area contributed by atoms with E-state index in [-0.39, 0.29) is 6.02 Å². The molecule has 1 aliphatic rings. The molecule has 20 heavy (non-hydrogen) atoms. The number of hydrogen-bond acceptors (Lipinski definition) is 4. The van der Waals surface area contributed by atoms with Crippen LogP contribution in [0.2, 0.25) is 0 Å². The molecule has 2 N–H and O–H groups in total. The number of ether oxygens (including phenoxy) is 1. The Labute approximate surface area is 121 Å². The van der Waals surface area contributed by atoms with E-state index in [1.807, 2.05) is 12.1 Å². The fraction of sp³-hybridized carbons (Fsp3) is 0.286. The van der Waals surface area contributed by atoms with Gasteiger partial charge < -0.3 is 15.2 Å². The molecule has 1 aromatic rings. The summed E-state index contributed by atoms with van der Waals surface area (Å²) < 4.78 is 5.34. The van der Waals surface area contributed by atoms with E-state index in [1.165, 1.54) is 0 Å². The Morgan fingerprint density at radius 2 is 2.20 bits per heavy atom. The molecule has 0 saturated heterocycles. The maximum Gasteiger partial charge on any atom is 0.333 e. The summed E-state index contributed by atoms with van der Waals surface area (Å²) in [5.74, 6) is -1.04. The number of amidine groups is 1. The Morgan fingerprint density at radius 1 is 1.50 bits per heavy atom. The summed E-state index contributed by atoms with van der Waals surface area (Å²) >= 11 is 6.11. The van der Waals surface area contributed by atoms with Crippen molar-refractivity contribution in [3.8, 4) is 0 Å². The largest absolute Gasteiger partial charge is 0.479 e. The topological polar surface area (TPSA) is 70.9 Å². The van der Waals surface area contributed by atoms with Crippen molar-refractivity contribution in [3.05, 3.63) is 40.4 Å². The van der Waals surface area contributed by atoms with Gasteiger partial charge in [0, 0.05) is 10.6 Å². The van der Waals surface area contributed by atoms with Crippen LogP contribution in [0.25, 0.3) is 5.70 Å². The van der Waals surface area contributed by atoms with E-state index in [1.54, 1.807) is 26.0 Å². The summed E-state index contributed by atoms with van der Waals surface area (Å²) in [6.45, 7) is 3.91. The van der Waals surface area contributed by atoms with Gasteiger partial charge in [-0.25, -0.2) is 9.79 Å². The molecular formula is C14H15ClN2O3. The van der Waals surface area contributed by atoms with Crippen molar-refractivity contribution in [3.63, 3.8) is 0 Å². The zero-order chi connectivity index (χ0) is 14.7. The van der Waals surface area contributed by atoms with Crippen LogP contribution in [0.1, 0.15) is 31.0 Å². The molecule has 0 amide bonds. The second kappa shape index (κ2) is 5.96. The van der Waals surface area contributed by atoms with Gasteiger partial charge in [0.15, 0.2) is 6.04 Å². The lowest BCUT2D eigenvalue weighted by Gasteiger charge is -2.13. The number of rotatable bonds is 2. The Kier molecular flexibility index (Phi) is 4.29. The highest BCUT2D eigenvalue weighted by atomic mass is 35.5. The molecule has 1 atom stereocenters. The number of halogens is 1. The third kappa shape index (κ3) is 2.77. The van der Waals surface area contributed by atoms with Gasteiger partial charge in [-0.2, -0.15) is 0 Å². The minimum absolute atomic E-state index is 0.158. The molecule has 0 unspecified atom stereocenters. The van der Waals surface area contributed by atoms with Crippen LogP contribution in [0.15, 0.2) is 34.3 Å². The maximum atomic E-state index is 11.5. The molecule has 2 rings (SSSR count). The molecule has 106 valence electrons. The summed E-state index contributed by atoms with van der Waals surface area (Å²) in [5, 5.41) is 12.9. The number of benzene rings is 1.